The molecule has 1 atom stereocenters. The molecule has 1 saturated heterocycles. The molecule has 0 aromatic heterocycles. The van der Waals surface area contributed by atoms with Gasteiger partial charge in [-0.25, -0.2) is 0 Å². The van der Waals surface area contributed by atoms with Crippen LogP contribution in [0.3, 0.4) is 0 Å². The van der Waals surface area contributed by atoms with Gasteiger partial charge in [0.05, 0.1) is 20.3 Å². The zero-order chi connectivity index (χ0) is 13.2. The molecule has 100 valence electrons. The molecule has 0 bridgehead atoms. The van der Waals surface area contributed by atoms with Gasteiger partial charge in [-0.3, -0.25) is 0 Å². The van der Waals surface area contributed by atoms with E-state index >= 15 is 0 Å². The fraction of sp³-hybridized carbons (Fsp3) is 0.600. The van der Waals surface area contributed by atoms with E-state index in [9.17, 15) is 5.11 Å². The summed E-state index contributed by atoms with van der Waals surface area (Å²) in [5, 5.41) is 9.54. The summed E-state index contributed by atoms with van der Waals surface area (Å²) in [6, 6.07) is 6.27. The zero-order valence-electron chi connectivity index (χ0n) is 11.4. The highest BCUT2D eigenvalue weighted by atomic mass is 16.5. The predicted molar refractivity (Wildman–Crippen MR) is 71.3 cm³/mol. The molecule has 1 N–H and O–H groups in total. The van der Waals surface area contributed by atoms with Crippen LogP contribution in [0.5, 0.6) is 5.75 Å². The van der Waals surface area contributed by atoms with Crippen LogP contribution in [0, 0.1) is 0 Å². The summed E-state index contributed by atoms with van der Waals surface area (Å²) >= 11 is 0. The van der Waals surface area contributed by atoms with Crippen LogP contribution in [0.2, 0.25) is 0 Å². The Bertz CT molecular complexity index is 406. The minimum atomic E-state index is -0.291. The Balaban J connectivity index is 2.38. The first kappa shape index (κ1) is 13.4. The van der Waals surface area contributed by atoms with Gasteiger partial charge >= 0.3 is 0 Å². The lowest BCUT2D eigenvalue weighted by Gasteiger charge is -2.26. The van der Waals surface area contributed by atoms with Gasteiger partial charge in [0.25, 0.3) is 0 Å². The molecule has 0 spiro atoms. The third-order valence-electron chi connectivity index (χ3n) is 3.75. The average Bonchev–Trinajstić information content (AvgIpc) is 2.92. The molecule has 2 rings (SSSR count). The molecular weight excluding hydrogens is 228 g/mol. The summed E-state index contributed by atoms with van der Waals surface area (Å²) in [6.07, 6.45) is 1.07. The standard InChI is InChI=1S/C15H22O3/c1-15(2,10-16)13-8-11(4-5-14(13)17-3)12-6-7-18-9-12/h4-5,8,12,16H,6-7,9-10H2,1-3H3. The number of benzene rings is 1. The number of hydrogen-bond donors (Lipinski definition) is 1. The first-order valence-corrected chi connectivity index (χ1v) is 6.45. The molecule has 3 nitrogen and oxygen atoms in total. The van der Waals surface area contributed by atoms with Gasteiger partial charge in [0, 0.05) is 23.5 Å². The molecule has 0 radical (unpaired) electrons. The van der Waals surface area contributed by atoms with Crippen molar-refractivity contribution >= 4 is 0 Å². The van der Waals surface area contributed by atoms with Crippen LogP contribution in [0.15, 0.2) is 18.2 Å². The molecule has 1 heterocycles. The van der Waals surface area contributed by atoms with Gasteiger partial charge in [0.2, 0.25) is 0 Å². The van der Waals surface area contributed by atoms with Crippen LogP contribution < -0.4 is 4.74 Å². The van der Waals surface area contributed by atoms with Crippen molar-refractivity contribution in [3.63, 3.8) is 0 Å². The van der Waals surface area contributed by atoms with Gasteiger partial charge in [-0.2, -0.15) is 0 Å². The van der Waals surface area contributed by atoms with Crippen molar-refractivity contribution in [2.75, 3.05) is 26.9 Å². The summed E-state index contributed by atoms with van der Waals surface area (Å²) in [5.41, 5.74) is 2.06. The maximum Gasteiger partial charge on any atom is 0.122 e. The maximum absolute atomic E-state index is 9.54. The van der Waals surface area contributed by atoms with Crippen molar-refractivity contribution in [3.8, 4) is 5.75 Å². The number of ether oxygens (including phenoxy) is 2. The van der Waals surface area contributed by atoms with E-state index in [1.165, 1.54) is 5.56 Å². The lowest BCUT2D eigenvalue weighted by Crippen LogP contribution is -2.23. The second kappa shape index (κ2) is 5.29. The fourth-order valence-electron chi connectivity index (χ4n) is 2.39. The maximum atomic E-state index is 9.54. The number of hydrogen-bond acceptors (Lipinski definition) is 3. The van der Waals surface area contributed by atoms with Crippen LogP contribution in [-0.2, 0) is 10.2 Å². The third kappa shape index (κ3) is 2.52. The highest BCUT2D eigenvalue weighted by molar-refractivity contribution is 5.43. The Kier molecular flexibility index (Phi) is 3.93. The number of rotatable bonds is 4. The van der Waals surface area contributed by atoms with E-state index in [1.807, 2.05) is 19.9 Å². The molecule has 1 aromatic rings. The monoisotopic (exact) mass is 250 g/mol. The second-order valence-corrected chi connectivity index (χ2v) is 5.56. The molecule has 0 amide bonds. The SMILES string of the molecule is COc1ccc(C2CCOC2)cc1C(C)(C)CO. The molecular formula is C15H22O3. The van der Waals surface area contributed by atoms with E-state index in [2.05, 4.69) is 12.1 Å². The van der Waals surface area contributed by atoms with Gasteiger partial charge in [-0.1, -0.05) is 26.0 Å². The van der Waals surface area contributed by atoms with E-state index in [0.29, 0.717) is 5.92 Å². The van der Waals surface area contributed by atoms with Crippen LogP contribution in [-0.4, -0.2) is 32.0 Å². The first-order valence-electron chi connectivity index (χ1n) is 6.45. The van der Waals surface area contributed by atoms with Gasteiger partial charge in [-0.05, 0) is 18.1 Å². The van der Waals surface area contributed by atoms with Gasteiger partial charge in [0.1, 0.15) is 5.75 Å². The van der Waals surface area contributed by atoms with Crippen molar-refractivity contribution in [2.45, 2.75) is 31.6 Å². The van der Waals surface area contributed by atoms with Crippen molar-refractivity contribution in [3.05, 3.63) is 29.3 Å². The molecule has 0 saturated carbocycles. The molecule has 3 heteroatoms. The lowest BCUT2D eigenvalue weighted by molar-refractivity contribution is 0.193. The van der Waals surface area contributed by atoms with Gasteiger partial charge in [-0.15, -0.1) is 0 Å². The summed E-state index contributed by atoms with van der Waals surface area (Å²) in [5.74, 6) is 1.32. The summed E-state index contributed by atoms with van der Waals surface area (Å²) in [6.45, 7) is 5.80. The van der Waals surface area contributed by atoms with Crippen molar-refractivity contribution < 1.29 is 14.6 Å². The Labute approximate surface area is 109 Å². The molecule has 1 aliphatic heterocycles. The fourth-order valence-corrected chi connectivity index (χ4v) is 2.39. The minimum absolute atomic E-state index is 0.105. The van der Waals surface area contributed by atoms with E-state index < -0.39 is 0 Å². The molecule has 0 aliphatic carbocycles. The van der Waals surface area contributed by atoms with E-state index in [0.717, 1.165) is 30.9 Å². The molecule has 18 heavy (non-hydrogen) atoms. The molecule has 1 fully saturated rings. The topological polar surface area (TPSA) is 38.7 Å². The number of aliphatic hydroxyl groups is 1. The van der Waals surface area contributed by atoms with Gasteiger partial charge < -0.3 is 14.6 Å². The second-order valence-electron chi connectivity index (χ2n) is 5.56. The Morgan fingerprint density at radius 1 is 1.44 bits per heavy atom. The number of aliphatic hydroxyl groups excluding tert-OH is 1. The van der Waals surface area contributed by atoms with E-state index in [1.54, 1.807) is 7.11 Å². The quantitative estimate of drug-likeness (QED) is 0.892. The number of methoxy groups -OCH3 is 1. The smallest absolute Gasteiger partial charge is 0.122 e. The summed E-state index contributed by atoms with van der Waals surface area (Å²) < 4.78 is 10.8. The van der Waals surface area contributed by atoms with E-state index in [4.69, 9.17) is 9.47 Å². The van der Waals surface area contributed by atoms with Crippen LogP contribution in [0.1, 0.15) is 37.3 Å². The first-order chi connectivity index (χ1) is 8.58. The largest absolute Gasteiger partial charge is 0.496 e. The average molecular weight is 250 g/mol. The minimum Gasteiger partial charge on any atom is -0.496 e. The highest BCUT2D eigenvalue weighted by Gasteiger charge is 2.26. The van der Waals surface area contributed by atoms with Crippen molar-refractivity contribution in [1.82, 2.24) is 0 Å². The molecule has 1 unspecified atom stereocenters. The Hall–Kier alpha value is -1.06. The van der Waals surface area contributed by atoms with Gasteiger partial charge in [0.15, 0.2) is 0 Å². The summed E-state index contributed by atoms with van der Waals surface area (Å²) in [7, 11) is 1.67. The predicted octanol–water partition coefficient (Wildman–Crippen LogP) is 2.47. The van der Waals surface area contributed by atoms with Crippen LogP contribution in [0.4, 0.5) is 0 Å². The van der Waals surface area contributed by atoms with Crippen LogP contribution in [0.25, 0.3) is 0 Å². The Morgan fingerprint density at radius 3 is 2.78 bits per heavy atom. The van der Waals surface area contributed by atoms with Crippen molar-refractivity contribution in [2.24, 2.45) is 0 Å². The van der Waals surface area contributed by atoms with Crippen molar-refractivity contribution in [1.29, 1.82) is 0 Å². The zero-order valence-corrected chi connectivity index (χ0v) is 11.4. The highest BCUT2D eigenvalue weighted by Crippen LogP contribution is 2.35. The molecule has 1 aromatic carbocycles. The third-order valence-corrected chi connectivity index (χ3v) is 3.75. The molecule has 1 aliphatic rings. The normalized spacial score (nSPS) is 20.1. The van der Waals surface area contributed by atoms with Crippen LogP contribution >= 0.6 is 0 Å². The lowest BCUT2D eigenvalue weighted by atomic mass is 9.82. The summed E-state index contributed by atoms with van der Waals surface area (Å²) in [4.78, 5) is 0. The Morgan fingerprint density at radius 2 is 2.22 bits per heavy atom. The van der Waals surface area contributed by atoms with E-state index in [-0.39, 0.29) is 12.0 Å².